The number of hydrogen-bond donors (Lipinski definition) is 3. The van der Waals surface area contributed by atoms with Gasteiger partial charge in [0.15, 0.2) is 5.96 Å². The van der Waals surface area contributed by atoms with Crippen LogP contribution in [0.3, 0.4) is 0 Å². The van der Waals surface area contributed by atoms with E-state index >= 15 is 0 Å². The van der Waals surface area contributed by atoms with Crippen molar-refractivity contribution in [2.24, 2.45) is 4.99 Å². The monoisotopic (exact) mass is 345 g/mol. The third kappa shape index (κ3) is 5.09. The van der Waals surface area contributed by atoms with Crippen LogP contribution in [-0.2, 0) is 16.1 Å². The van der Waals surface area contributed by atoms with Gasteiger partial charge in [0.1, 0.15) is 0 Å². The summed E-state index contributed by atoms with van der Waals surface area (Å²) in [6.45, 7) is 4.33. The Morgan fingerprint density at radius 3 is 2.88 bits per heavy atom. The number of hydrogen-bond acceptors (Lipinski definition) is 4. The Balaban J connectivity index is 1.46. The normalized spacial score (nSPS) is 21.2. The van der Waals surface area contributed by atoms with E-state index in [-0.39, 0.29) is 5.91 Å². The molecule has 1 aromatic rings. The number of carbonyl (C=O) groups excluding carboxylic acids is 1. The van der Waals surface area contributed by atoms with Gasteiger partial charge in [-0.1, -0.05) is 12.1 Å². The molecule has 136 valence electrons. The minimum absolute atomic E-state index is 0.0816. The Hall–Kier alpha value is -2.28. The Labute approximate surface area is 148 Å². The molecular formula is C18H27N5O2. The van der Waals surface area contributed by atoms with Gasteiger partial charge in [-0.2, -0.15) is 0 Å². The van der Waals surface area contributed by atoms with Gasteiger partial charge in [-0.25, -0.2) is 0 Å². The van der Waals surface area contributed by atoms with Gasteiger partial charge in [0.2, 0.25) is 5.91 Å². The molecule has 0 saturated carbocycles. The van der Waals surface area contributed by atoms with Crippen molar-refractivity contribution in [3.63, 3.8) is 0 Å². The van der Waals surface area contributed by atoms with Crippen LogP contribution in [0.2, 0.25) is 0 Å². The number of ether oxygens (including phenoxy) is 1. The molecule has 1 unspecified atom stereocenters. The van der Waals surface area contributed by atoms with Crippen LogP contribution in [0.15, 0.2) is 29.3 Å². The van der Waals surface area contributed by atoms with Gasteiger partial charge in [0.25, 0.3) is 0 Å². The zero-order chi connectivity index (χ0) is 17.5. The molecule has 25 heavy (non-hydrogen) atoms. The highest BCUT2D eigenvalue weighted by atomic mass is 16.5. The largest absolute Gasteiger partial charge is 0.376 e. The van der Waals surface area contributed by atoms with E-state index in [0.717, 1.165) is 44.2 Å². The highest BCUT2D eigenvalue weighted by molar-refractivity contribution is 5.82. The lowest BCUT2D eigenvalue weighted by Gasteiger charge is -2.28. The fraction of sp³-hybridized carbons (Fsp3) is 0.556. The smallest absolute Gasteiger partial charge is 0.239 e. The van der Waals surface area contributed by atoms with Crippen molar-refractivity contribution in [3.8, 4) is 0 Å². The lowest BCUT2D eigenvalue weighted by atomic mass is 10.2. The summed E-state index contributed by atoms with van der Waals surface area (Å²) in [7, 11) is 1.77. The van der Waals surface area contributed by atoms with Gasteiger partial charge in [-0.15, -0.1) is 0 Å². The van der Waals surface area contributed by atoms with E-state index in [2.05, 4.69) is 50.1 Å². The molecule has 0 bridgehead atoms. The molecule has 7 heteroatoms. The number of rotatable bonds is 5. The second-order valence-electron chi connectivity index (χ2n) is 6.38. The van der Waals surface area contributed by atoms with Crippen molar-refractivity contribution < 1.29 is 9.53 Å². The fourth-order valence-electron chi connectivity index (χ4n) is 3.11. The summed E-state index contributed by atoms with van der Waals surface area (Å²) in [6.07, 6.45) is 2.54. The molecule has 2 aliphatic heterocycles. The maximum atomic E-state index is 11.5. The summed E-state index contributed by atoms with van der Waals surface area (Å²) in [4.78, 5) is 17.8. The first kappa shape index (κ1) is 17.5. The number of carbonyl (C=O) groups is 1. The van der Waals surface area contributed by atoms with Crippen LogP contribution in [0.5, 0.6) is 0 Å². The second-order valence-corrected chi connectivity index (χ2v) is 6.38. The van der Waals surface area contributed by atoms with Crippen LogP contribution in [0.4, 0.5) is 5.69 Å². The van der Waals surface area contributed by atoms with E-state index in [1.54, 1.807) is 7.05 Å². The molecule has 1 amide bonds. The summed E-state index contributed by atoms with van der Waals surface area (Å²) in [5.41, 5.74) is 2.25. The van der Waals surface area contributed by atoms with Gasteiger partial charge in [0.05, 0.1) is 12.6 Å². The van der Waals surface area contributed by atoms with E-state index in [9.17, 15) is 4.79 Å². The lowest BCUT2D eigenvalue weighted by Crippen LogP contribution is -2.47. The molecule has 1 atom stereocenters. The zero-order valence-electron chi connectivity index (χ0n) is 14.8. The second kappa shape index (κ2) is 8.71. The molecule has 3 N–H and O–H groups in total. The number of benzene rings is 1. The molecule has 2 fully saturated rings. The molecule has 0 spiro atoms. The number of aliphatic imine (C=N–C) groups is 1. The SMILES string of the molecule is CN=C(NCc1ccc(N2CCNC(=O)C2)cc1)NCC1CCCO1. The average molecular weight is 345 g/mol. The van der Waals surface area contributed by atoms with E-state index in [4.69, 9.17) is 4.74 Å². The first-order valence-corrected chi connectivity index (χ1v) is 8.91. The number of anilines is 1. The van der Waals surface area contributed by atoms with Crippen LogP contribution in [0.1, 0.15) is 18.4 Å². The molecule has 0 radical (unpaired) electrons. The molecule has 0 aromatic heterocycles. The molecule has 7 nitrogen and oxygen atoms in total. The van der Waals surface area contributed by atoms with E-state index in [1.165, 1.54) is 5.56 Å². The third-order valence-electron chi connectivity index (χ3n) is 4.54. The summed E-state index contributed by atoms with van der Waals surface area (Å²) < 4.78 is 5.61. The number of guanidine groups is 1. The lowest BCUT2D eigenvalue weighted by molar-refractivity contribution is -0.120. The Morgan fingerprint density at radius 1 is 1.36 bits per heavy atom. The standard InChI is InChI=1S/C18H27N5O2/c1-19-18(22-12-16-3-2-10-25-16)21-11-14-4-6-15(7-5-14)23-9-8-20-17(24)13-23/h4-7,16H,2-3,8-13H2,1H3,(H,20,24)(H2,19,21,22). The van der Waals surface area contributed by atoms with Gasteiger partial charge in [-0.3, -0.25) is 9.79 Å². The van der Waals surface area contributed by atoms with Crippen LogP contribution in [0.25, 0.3) is 0 Å². The van der Waals surface area contributed by atoms with Crippen molar-refractivity contribution in [2.75, 3.05) is 44.7 Å². The van der Waals surface area contributed by atoms with Crippen molar-refractivity contribution in [1.82, 2.24) is 16.0 Å². The van der Waals surface area contributed by atoms with E-state index < -0.39 is 0 Å². The quantitative estimate of drug-likeness (QED) is 0.534. The van der Waals surface area contributed by atoms with Gasteiger partial charge in [0, 0.05) is 45.5 Å². The third-order valence-corrected chi connectivity index (χ3v) is 4.54. The predicted octanol–water partition coefficient (Wildman–Crippen LogP) is 0.467. The summed E-state index contributed by atoms with van der Waals surface area (Å²) >= 11 is 0. The van der Waals surface area contributed by atoms with Crippen molar-refractivity contribution in [2.45, 2.75) is 25.5 Å². The van der Waals surface area contributed by atoms with Crippen molar-refractivity contribution in [1.29, 1.82) is 0 Å². The van der Waals surface area contributed by atoms with E-state index in [0.29, 0.717) is 25.7 Å². The number of piperazine rings is 1. The zero-order valence-corrected chi connectivity index (χ0v) is 14.8. The van der Waals surface area contributed by atoms with Crippen LogP contribution < -0.4 is 20.9 Å². The Bertz CT molecular complexity index is 596. The molecule has 3 rings (SSSR count). The van der Waals surface area contributed by atoms with Crippen LogP contribution in [-0.4, -0.2) is 57.8 Å². The highest BCUT2D eigenvalue weighted by Crippen LogP contribution is 2.16. The van der Waals surface area contributed by atoms with Crippen molar-refractivity contribution in [3.05, 3.63) is 29.8 Å². The number of amides is 1. The van der Waals surface area contributed by atoms with Gasteiger partial charge < -0.3 is 25.6 Å². The van der Waals surface area contributed by atoms with E-state index in [1.807, 2.05) is 0 Å². The summed E-state index contributed by atoms with van der Waals surface area (Å²) in [6, 6.07) is 8.31. The highest BCUT2D eigenvalue weighted by Gasteiger charge is 2.17. The Morgan fingerprint density at radius 2 is 2.20 bits per heavy atom. The molecular weight excluding hydrogens is 318 g/mol. The number of nitrogens with one attached hydrogen (secondary N) is 3. The molecule has 2 saturated heterocycles. The maximum absolute atomic E-state index is 11.5. The first-order chi connectivity index (χ1) is 12.2. The molecule has 2 aliphatic rings. The summed E-state index contributed by atoms with van der Waals surface area (Å²) in [5.74, 6) is 0.866. The topological polar surface area (TPSA) is 78.0 Å². The fourth-order valence-corrected chi connectivity index (χ4v) is 3.11. The Kier molecular flexibility index (Phi) is 6.11. The van der Waals surface area contributed by atoms with Crippen LogP contribution in [0, 0.1) is 0 Å². The minimum Gasteiger partial charge on any atom is -0.376 e. The van der Waals surface area contributed by atoms with Crippen molar-refractivity contribution >= 4 is 17.6 Å². The molecule has 1 aromatic carbocycles. The molecule has 0 aliphatic carbocycles. The first-order valence-electron chi connectivity index (χ1n) is 8.91. The number of nitrogens with zero attached hydrogens (tertiary/aromatic N) is 2. The molecule has 2 heterocycles. The van der Waals surface area contributed by atoms with Gasteiger partial charge in [-0.05, 0) is 30.5 Å². The summed E-state index contributed by atoms with van der Waals surface area (Å²) in [5, 5.41) is 9.48. The van der Waals surface area contributed by atoms with Gasteiger partial charge >= 0.3 is 0 Å². The average Bonchev–Trinajstić information content (AvgIpc) is 3.16. The minimum atomic E-state index is 0.0816. The maximum Gasteiger partial charge on any atom is 0.239 e. The predicted molar refractivity (Wildman–Crippen MR) is 98.8 cm³/mol. The van der Waals surface area contributed by atoms with Crippen LogP contribution >= 0.6 is 0 Å².